The molecule has 0 bridgehead atoms. The Balaban J connectivity index is 1.58. The maximum Gasteiger partial charge on any atom is 0.0591 e. The second-order valence-corrected chi connectivity index (χ2v) is 14.0. The predicted octanol–water partition coefficient (Wildman–Crippen LogP) is 6.97. The van der Waals surface area contributed by atoms with Gasteiger partial charge in [-0.3, -0.25) is 0 Å². The van der Waals surface area contributed by atoms with Crippen LogP contribution >= 0.6 is 0 Å². The molecule has 0 aromatic rings. The zero-order valence-corrected chi connectivity index (χ0v) is 21.1. The van der Waals surface area contributed by atoms with E-state index in [9.17, 15) is 10.2 Å². The molecule has 30 heavy (non-hydrogen) atoms. The van der Waals surface area contributed by atoms with Gasteiger partial charge in [0.05, 0.1) is 11.7 Å². The van der Waals surface area contributed by atoms with E-state index in [4.69, 9.17) is 0 Å². The summed E-state index contributed by atoms with van der Waals surface area (Å²) in [4.78, 5) is 0. The minimum absolute atomic E-state index is 0.0752. The molecule has 0 aromatic carbocycles. The SMILES string of the molecule is C[C@H](CCC(C)(C)O)[C@H]1CC[C@@H]2[C@]1(C)CC[C@H]1[C@@]2(C)CC[C@]2(C)C[C@@H](O)CC[C@]12C. The van der Waals surface area contributed by atoms with Crippen LogP contribution in [-0.2, 0) is 0 Å². The largest absolute Gasteiger partial charge is 0.393 e. The molecule has 174 valence electrons. The van der Waals surface area contributed by atoms with E-state index in [1.165, 1.54) is 44.9 Å². The van der Waals surface area contributed by atoms with Crippen molar-refractivity contribution >= 4 is 0 Å². The molecule has 0 radical (unpaired) electrons. The minimum atomic E-state index is -0.537. The summed E-state index contributed by atoms with van der Waals surface area (Å²) in [6, 6.07) is 0. The molecule has 0 heterocycles. The van der Waals surface area contributed by atoms with Gasteiger partial charge in [0.15, 0.2) is 0 Å². The maximum absolute atomic E-state index is 10.5. The van der Waals surface area contributed by atoms with Gasteiger partial charge in [-0.2, -0.15) is 0 Å². The lowest BCUT2D eigenvalue weighted by Gasteiger charge is -2.69. The third kappa shape index (κ3) is 3.33. The first-order chi connectivity index (χ1) is 13.8. The summed E-state index contributed by atoms with van der Waals surface area (Å²) in [5.41, 5.74) is 1.12. The van der Waals surface area contributed by atoms with Gasteiger partial charge in [-0.05, 0) is 130 Å². The lowest BCUT2D eigenvalue weighted by Crippen LogP contribution is -2.62. The van der Waals surface area contributed by atoms with Crippen molar-refractivity contribution in [3.63, 3.8) is 0 Å². The fourth-order valence-corrected chi connectivity index (χ4v) is 10.00. The van der Waals surface area contributed by atoms with Gasteiger partial charge >= 0.3 is 0 Å². The number of hydrogen-bond donors (Lipinski definition) is 2. The van der Waals surface area contributed by atoms with Crippen molar-refractivity contribution in [2.75, 3.05) is 0 Å². The van der Waals surface area contributed by atoms with Crippen molar-refractivity contribution in [1.29, 1.82) is 0 Å². The van der Waals surface area contributed by atoms with Crippen molar-refractivity contribution in [2.24, 2.45) is 45.3 Å². The lowest BCUT2D eigenvalue weighted by atomic mass is 9.36. The fraction of sp³-hybridized carbons (Fsp3) is 1.00. The van der Waals surface area contributed by atoms with E-state index in [2.05, 4.69) is 34.6 Å². The van der Waals surface area contributed by atoms with Crippen LogP contribution in [0.5, 0.6) is 0 Å². The van der Waals surface area contributed by atoms with E-state index < -0.39 is 5.60 Å². The van der Waals surface area contributed by atoms with Crippen LogP contribution in [-0.4, -0.2) is 21.9 Å². The Labute approximate surface area is 186 Å². The standard InChI is InChI=1S/C28H50O2/c1-19(10-13-24(2,3)30)21-8-9-22-26(21,5)14-12-23-27(22,6)17-16-25(4)18-20(29)11-15-28(23,25)7/h19-23,29-30H,8-18H2,1-7H3/t19-,20+,21-,22-,23+,25-,26-,27+,28-/m1/s1. The summed E-state index contributed by atoms with van der Waals surface area (Å²) in [6.45, 7) is 16.9. The van der Waals surface area contributed by atoms with E-state index in [0.717, 1.165) is 43.4 Å². The number of aliphatic hydroxyl groups is 2. The summed E-state index contributed by atoms with van der Waals surface area (Å²) in [6.07, 6.45) is 13.5. The van der Waals surface area contributed by atoms with Gasteiger partial charge in [0.2, 0.25) is 0 Å². The van der Waals surface area contributed by atoms with Gasteiger partial charge < -0.3 is 10.2 Å². The maximum atomic E-state index is 10.5. The monoisotopic (exact) mass is 418 g/mol. The van der Waals surface area contributed by atoms with Gasteiger partial charge in [0.1, 0.15) is 0 Å². The molecule has 0 amide bonds. The van der Waals surface area contributed by atoms with Crippen LogP contribution in [0.4, 0.5) is 0 Å². The van der Waals surface area contributed by atoms with Gasteiger partial charge in [-0.1, -0.05) is 34.6 Å². The highest BCUT2D eigenvalue weighted by atomic mass is 16.3. The second-order valence-electron chi connectivity index (χ2n) is 14.0. The van der Waals surface area contributed by atoms with Crippen LogP contribution in [0.15, 0.2) is 0 Å². The molecule has 0 aromatic heterocycles. The number of hydrogen-bond acceptors (Lipinski definition) is 2. The second kappa shape index (κ2) is 7.21. The average molecular weight is 419 g/mol. The first-order valence-electron chi connectivity index (χ1n) is 13.2. The molecule has 2 N–H and O–H groups in total. The summed E-state index contributed by atoms with van der Waals surface area (Å²) in [7, 11) is 0. The van der Waals surface area contributed by atoms with Crippen LogP contribution in [0.1, 0.15) is 119 Å². The van der Waals surface area contributed by atoms with Gasteiger partial charge in [-0.25, -0.2) is 0 Å². The predicted molar refractivity (Wildman–Crippen MR) is 125 cm³/mol. The van der Waals surface area contributed by atoms with E-state index >= 15 is 0 Å². The van der Waals surface area contributed by atoms with Crippen molar-refractivity contribution in [3.8, 4) is 0 Å². The van der Waals surface area contributed by atoms with Gasteiger partial charge in [-0.15, -0.1) is 0 Å². The third-order valence-corrected chi connectivity index (χ3v) is 11.9. The molecular weight excluding hydrogens is 368 g/mol. The van der Waals surface area contributed by atoms with Crippen LogP contribution < -0.4 is 0 Å². The van der Waals surface area contributed by atoms with Crippen molar-refractivity contribution in [1.82, 2.24) is 0 Å². The van der Waals surface area contributed by atoms with Crippen molar-refractivity contribution < 1.29 is 10.2 Å². The quantitative estimate of drug-likeness (QED) is 0.517. The molecule has 4 aliphatic rings. The molecule has 2 heteroatoms. The molecular formula is C28H50O2. The summed E-state index contributed by atoms with van der Waals surface area (Å²) in [5, 5.41) is 20.7. The zero-order valence-electron chi connectivity index (χ0n) is 21.1. The highest BCUT2D eigenvalue weighted by Gasteiger charge is 2.67. The molecule has 9 atom stereocenters. The molecule has 0 saturated heterocycles. The molecule has 4 rings (SSSR count). The van der Waals surface area contributed by atoms with E-state index in [1.807, 2.05) is 13.8 Å². The Morgan fingerprint density at radius 1 is 0.867 bits per heavy atom. The molecule has 4 fully saturated rings. The Hall–Kier alpha value is -0.0800. The Morgan fingerprint density at radius 3 is 2.23 bits per heavy atom. The highest BCUT2D eigenvalue weighted by molar-refractivity contribution is 5.16. The zero-order chi connectivity index (χ0) is 22.2. The summed E-state index contributed by atoms with van der Waals surface area (Å²) in [5.74, 6) is 3.20. The first-order valence-corrected chi connectivity index (χ1v) is 13.2. The number of fused-ring (bicyclic) bond motifs is 5. The molecule has 0 unspecified atom stereocenters. The molecule has 0 spiro atoms. The lowest BCUT2D eigenvalue weighted by molar-refractivity contribution is -0.210. The van der Waals surface area contributed by atoms with Crippen LogP contribution in [0.25, 0.3) is 0 Å². The van der Waals surface area contributed by atoms with Gasteiger partial charge in [0, 0.05) is 0 Å². The minimum Gasteiger partial charge on any atom is -0.393 e. The molecule has 4 saturated carbocycles. The summed E-state index contributed by atoms with van der Waals surface area (Å²) < 4.78 is 0. The van der Waals surface area contributed by atoms with Gasteiger partial charge in [0.25, 0.3) is 0 Å². The molecule has 2 nitrogen and oxygen atoms in total. The highest BCUT2D eigenvalue weighted by Crippen LogP contribution is 2.75. The van der Waals surface area contributed by atoms with E-state index in [0.29, 0.717) is 27.6 Å². The van der Waals surface area contributed by atoms with E-state index in [1.54, 1.807) is 0 Å². The smallest absolute Gasteiger partial charge is 0.0591 e. The molecule has 0 aliphatic heterocycles. The van der Waals surface area contributed by atoms with Crippen LogP contribution in [0.2, 0.25) is 0 Å². The van der Waals surface area contributed by atoms with Crippen LogP contribution in [0, 0.1) is 45.3 Å². The first kappa shape index (κ1) is 23.1. The van der Waals surface area contributed by atoms with Crippen LogP contribution in [0.3, 0.4) is 0 Å². The number of rotatable bonds is 4. The Kier molecular flexibility index (Phi) is 5.55. The average Bonchev–Trinajstić information content (AvgIpc) is 2.99. The Bertz CT molecular complexity index is 652. The summed E-state index contributed by atoms with van der Waals surface area (Å²) >= 11 is 0. The topological polar surface area (TPSA) is 40.5 Å². The fourth-order valence-electron chi connectivity index (χ4n) is 10.00. The van der Waals surface area contributed by atoms with Crippen molar-refractivity contribution in [3.05, 3.63) is 0 Å². The molecule has 4 aliphatic carbocycles. The van der Waals surface area contributed by atoms with Crippen molar-refractivity contribution in [2.45, 2.75) is 131 Å². The van der Waals surface area contributed by atoms with E-state index in [-0.39, 0.29) is 6.10 Å². The number of aliphatic hydroxyl groups excluding tert-OH is 1. The Morgan fingerprint density at radius 2 is 1.57 bits per heavy atom. The third-order valence-electron chi connectivity index (χ3n) is 11.9. The normalized spacial score (nSPS) is 52.3.